The average Bonchev–Trinajstić information content (AvgIpc) is 3.29. The summed E-state index contributed by atoms with van der Waals surface area (Å²) in [4.78, 5) is 17.5. The van der Waals surface area contributed by atoms with Crippen molar-refractivity contribution in [2.45, 2.75) is 12.5 Å². The van der Waals surface area contributed by atoms with E-state index in [0.29, 0.717) is 24.3 Å². The van der Waals surface area contributed by atoms with Crippen molar-refractivity contribution in [1.29, 1.82) is 5.26 Å². The molecule has 34 heavy (non-hydrogen) atoms. The van der Waals surface area contributed by atoms with E-state index in [2.05, 4.69) is 20.7 Å². The van der Waals surface area contributed by atoms with Gasteiger partial charge in [0.25, 0.3) is 0 Å². The van der Waals surface area contributed by atoms with E-state index in [-0.39, 0.29) is 11.5 Å². The summed E-state index contributed by atoms with van der Waals surface area (Å²) in [6.45, 7) is 0.364. The fraction of sp³-hybridized carbons (Fsp3) is 0.154. The Balaban J connectivity index is 1.44. The van der Waals surface area contributed by atoms with Crippen LogP contribution >= 0.6 is 0 Å². The number of amides is 1. The van der Waals surface area contributed by atoms with E-state index in [0.717, 1.165) is 16.7 Å². The number of nitriles is 1. The fourth-order valence-electron chi connectivity index (χ4n) is 3.59. The van der Waals surface area contributed by atoms with Crippen molar-refractivity contribution in [3.05, 3.63) is 102 Å². The standard InChI is InChI=1S/C26H23FN6O/c1-33-17-22(16-31-33)21-9-10-24(30-15-21)32-26(34)25(20-5-3-2-4-6-20)29-12-11-19-8-7-18(14-28)13-23(19)27/h2-10,13,15-17,25,29H,11-12H2,1H3,(H,30,32,34). The van der Waals surface area contributed by atoms with Gasteiger partial charge in [0, 0.05) is 37.1 Å². The second kappa shape index (κ2) is 10.5. The summed E-state index contributed by atoms with van der Waals surface area (Å²) >= 11 is 0. The van der Waals surface area contributed by atoms with Crippen LogP contribution in [0.3, 0.4) is 0 Å². The zero-order valence-corrected chi connectivity index (χ0v) is 18.6. The summed E-state index contributed by atoms with van der Waals surface area (Å²) in [6, 6.07) is 18.6. The number of anilines is 1. The van der Waals surface area contributed by atoms with E-state index in [1.165, 1.54) is 6.07 Å². The summed E-state index contributed by atoms with van der Waals surface area (Å²) in [5.41, 5.74) is 3.37. The van der Waals surface area contributed by atoms with Gasteiger partial charge in [-0.15, -0.1) is 0 Å². The first-order chi connectivity index (χ1) is 16.5. The van der Waals surface area contributed by atoms with Gasteiger partial charge in [0.2, 0.25) is 5.91 Å². The van der Waals surface area contributed by atoms with Gasteiger partial charge in [0.05, 0.1) is 17.8 Å². The summed E-state index contributed by atoms with van der Waals surface area (Å²) in [5.74, 6) is -0.272. The number of benzene rings is 2. The number of carbonyl (C=O) groups is 1. The Morgan fingerprint density at radius 1 is 1.12 bits per heavy atom. The van der Waals surface area contributed by atoms with Crippen LogP contribution in [-0.4, -0.2) is 27.2 Å². The normalized spacial score (nSPS) is 11.6. The van der Waals surface area contributed by atoms with Crippen molar-refractivity contribution in [2.24, 2.45) is 7.05 Å². The predicted molar refractivity (Wildman–Crippen MR) is 127 cm³/mol. The molecule has 0 radical (unpaired) electrons. The van der Waals surface area contributed by atoms with Crippen molar-refractivity contribution in [2.75, 3.05) is 11.9 Å². The highest BCUT2D eigenvalue weighted by molar-refractivity contribution is 5.94. The van der Waals surface area contributed by atoms with Gasteiger partial charge in [0.1, 0.15) is 17.7 Å². The SMILES string of the molecule is Cn1cc(-c2ccc(NC(=O)C(NCCc3ccc(C#N)cc3F)c3ccccc3)nc2)cn1. The minimum absolute atomic E-state index is 0.270. The number of aryl methyl sites for hydroxylation is 1. The van der Waals surface area contributed by atoms with E-state index in [4.69, 9.17) is 5.26 Å². The third-order valence-electron chi connectivity index (χ3n) is 5.37. The Morgan fingerprint density at radius 2 is 1.94 bits per heavy atom. The number of hydrogen-bond acceptors (Lipinski definition) is 5. The van der Waals surface area contributed by atoms with Gasteiger partial charge >= 0.3 is 0 Å². The molecule has 1 amide bonds. The van der Waals surface area contributed by atoms with E-state index >= 15 is 0 Å². The number of nitrogens with zero attached hydrogens (tertiary/aromatic N) is 4. The van der Waals surface area contributed by atoms with E-state index in [1.807, 2.05) is 55.7 Å². The number of aromatic nitrogens is 3. The second-order valence-electron chi connectivity index (χ2n) is 7.79. The van der Waals surface area contributed by atoms with E-state index in [1.54, 1.807) is 35.3 Å². The third-order valence-corrected chi connectivity index (χ3v) is 5.37. The number of rotatable bonds is 8. The minimum Gasteiger partial charge on any atom is -0.309 e. The molecule has 2 aromatic heterocycles. The molecule has 0 aliphatic carbocycles. The van der Waals surface area contributed by atoms with Gasteiger partial charge in [-0.05, 0) is 41.8 Å². The van der Waals surface area contributed by atoms with Crippen molar-refractivity contribution >= 4 is 11.7 Å². The zero-order valence-electron chi connectivity index (χ0n) is 18.6. The summed E-state index contributed by atoms with van der Waals surface area (Å²) < 4.78 is 15.9. The Kier molecular flexibility index (Phi) is 7.06. The van der Waals surface area contributed by atoms with Crippen molar-refractivity contribution in [3.63, 3.8) is 0 Å². The van der Waals surface area contributed by atoms with Crippen LogP contribution in [0.15, 0.2) is 79.3 Å². The quantitative estimate of drug-likeness (QED) is 0.420. The molecule has 2 N–H and O–H groups in total. The lowest BCUT2D eigenvalue weighted by atomic mass is 10.0. The highest BCUT2D eigenvalue weighted by Crippen LogP contribution is 2.20. The van der Waals surface area contributed by atoms with Crippen molar-refractivity contribution in [1.82, 2.24) is 20.1 Å². The number of pyridine rings is 1. The molecule has 0 bridgehead atoms. The van der Waals surface area contributed by atoms with Crippen molar-refractivity contribution < 1.29 is 9.18 Å². The van der Waals surface area contributed by atoms with E-state index in [9.17, 15) is 9.18 Å². The Labute approximate surface area is 196 Å². The molecule has 0 fully saturated rings. The first-order valence-corrected chi connectivity index (χ1v) is 10.8. The molecule has 4 rings (SSSR count). The topological polar surface area (TPSA) is 95.6 Å². The summed E-state index contributed by atoms with van der Waals surface area (Å²) in [6.07, 6.45) is 5.69. The van der Waals surface area contributed by atoms with Crippen LogP contribution in [0.25, 0.3) is 11.1 Å². The van der Waals surface area contributed by atoms with Gasteiger partial charge in [-0.3, -0.25) is 9.48 Å². The minimum atomic E-state index is -0.651. The number of nitrogens with one attached hydrogen (secondary N) is 2. The zero-order chi connectivity index (χ0) is 23.9. The maximum Gasteiger partial charge on any atom is 0.247 e. The molecule has 2 aromatic carbocycles. The molecule has 8 heteroatoms. The van der Waals surface area contributed by atoms with Gasteiger partial charge in [-0.2, -0.15) is 10.4 Å². The lowest BCUT2D eigenvalue weighted by Gasteiger charge is -2.19. The summed E-state index contributed by atoms with van der Waals surface area (Å²) in [7, 11) is 1.85. The van der Waals surface area contributed by atoms with Crippen LogP contribution in [0, 0.1) is 17.1 Å². The molecule has 0 aliphatic rings. The Hall–Kier alpha value is -4.35. The van der Waals surface area contributed by atoms with Crippen LogP contribution in [0.1, 0.15) is 22.7 Å². The highest BCUT2D eigenvalue weighted by atomic mass is 19.1. The first-order valence-electron chi connectivity index (χ1n) is 10.8. The molecule has 1 atom stereocenters. The van der Waals surface area contributed by atoms with E-state index < -0.39 is 11.9 Å². The van der Waals surface area contributed by atoms with Gasteiger partial charge in [0.15, 0.2) is 0 Å². The molecule has 170 valence electrons. The lowest BCUT2D eigenvalue weighted by molar-refractivity contribution is -0.118. The Bertz CT molecular complexity index is 1310. The largest absolute Gasteiger partial charge is 0.309 e. The van der Waals surface area contributed by atoms with Crippen molar-refractivity contribution in [3.8, 4) is 17.2 Å². The molecule has 2 heterocycles. The average molecular weight is 455 g/mol. The van der Waals surface area contributed by atoms with Crippen LogP contribution in [0.2, 0.25) is 0 Å². The first kappa shape index (κ1) is 22.8. The molecule has 0 spiro atoms. The highest BCUT2D eigenvalue weighted by Gasteiger charge is 2.20. The van der Waals surface area contributed by atoms with Gasteiger partial charge in [-0.25, -0.2) is 9.37 Å². The monoisotopic (exact) mass is 454 g/mol. The third kappa shape index (κ3) is 5.52. The molecule has 4 aromatic rings. The number of carbonyl (C=O) groups excluding carboxylic acids is 1. The molecule has 0 aliphatic heterocycles. The Morgan fingerprint density at radius 3 is 2.59 bits per heavy atom. The maximum atomic E-state index is 14.2. The molecule has 0 saturated heterocycles. The summed E-state index contributed by atoms with van der Waals surface area (Å²) in [5, 5.41) is 19.1. The second-order valence-corrected chi connectivity index (χ2v) is 7.79. The fourth-order valence-corrected chi connectivity index (χ4v) is 3.59. The predicted octanol–water partition coefficient (Wildman–Crippen LogP) is 4.00. The number of halogens is 1. The molecule has 7 nitrogen and oxygen atoms in total. The van der Waals surface area contributed by atoms with Crippen LogP contribution in [0.5, 0.6) is 0 Å². The molecule has 0 saturated carbocycles. The van der Waals surface area contributed by atoms with Crippen LogP contribution in [-0.2, 0) is 18.3 Å². The lowest BCUT2D eigenvalue weighted by Crippen LogP contribution is -2.34. The molecular weight excluding hydrogens is 431 g/mol. The van der Waals surface area contributed by atoms with Gasteiger partial charge in [-0.1, -0.05) is 36.4 Å². The van der Waals surface area contributed by atoms with Crippen LogP contribution in [0.4, 0.5) is 10.2 Å². The molecular formula is C26H23FN6O. The number of hydrogen-bond donors (Lipinski definition) is 2. The smallest absolute Gasteiger partial charge is 0.247 e. The van der Waals surface area contributed by atoms with Crippen LogP contribution < -0.4 is 10.6 Å². The molecule has 1 unspecified atom stereocenters. The maximum absolute atomic E-state index is 14.2. The van der Waals surface area contributed by atoms with Gasteiger partial charge < -0.3 is 10.6 Å².